The highest BCUT2D eigenvalue weighted by molar-refractivity contribution is 4.72. The van der Waals surface area contributed by atoms with Gasteiger partial charge in [0.25, 0.3) is 0 Å². The summed E-state index contributed by atoms with van der Waals surface area (Å²) in [7, 11) is 0. The van der Waals surface area contributed by atoms with E-state index in [1.54, 1.807) is 0 Å². The minimum Gasteiger partial charge on any atom is -0.347 e. The third-order valence-corrected chi connectivity index (χ3v) is 2.79. The van der Waals surface area contributed by atoms with Crippen LogP contribution in [-0.4, -0.2) is 13.0 Å². The molecule has 0 amide bonds. The quantitative estimate of drug-likeness (QED) is 0.635. The predicted octanol–water partition coefficient (Wildman–Crippen LogP) is 3.29. The van der Waals surface area contributed by atoms with Crippen molar-refractivity contribution in [2.24, 2.45) is 5.92 Å². The summed E-state index contributed by atoms with van der Waals surface area (Å²) < 4.78 is 16.7. The van der Waals surface area contributed by atoms with Gasteiger partial charge in [0.15, 0.2) is 6.86 Å². The molecule has 1 nitrogen and oxygen atoms in total. The Bertz CT molecular complexity index is 94.4. The summed E-state index contributed by atoms with van der Waals surface area (Å²) >= 11 is 0. The Hall–Kier alpha value is -0.110. The van der Waals surface area contributed by atoms with Crippen molar-refractivity contribution >= 4 is 0 Å². The zero-order valence-corrected chi connectivity index (χ0v) is 7.89. The van der Waals surface area contributed by atoms with E-state index in [0.717, 1.165) is 18.8 Å². The number of ether oxygens (including phenoxy) is 1. The molecule has 0 unspecified atom stereocenters. The summed E-state index contributed by atoms with van der Waals surface area (Å²) in [5.41, 5.74) is 0. The van der Waals surface area contributed by atoms with Crippen molar-refractivity contribution in [3.63, 3.8) is 0 Å². The molecule has 1 aliphatic rings. The number of hydrogen-bond donors (Lipinski definition) is 0. The Morgan fingerprint density at radius 1 is 1.25 bits per heavy atom. The summed E-state index contributed by atoms with van der Waals surface area (Å²) in [6.45, 7) is 1.62. The monoisotopic (exact) mass is 174 g/mol. The van der Waals surface area contributed by atoms with E-state index in [1.807, 2.05) is 0 Å². The normalized spacial score (nSPS) is 30.5. The summed E-state index contributed by atoms with van der Waals surface area (Å²) in [4.78, 5) is 0. The molecule has 1 rings (SSSR count). The third kappa shape index (κ3) is 3.10. The first kappa shape index (κ1) is 9.97. The largest absolute Gasteiger partial charge is 0.347 e. The number of halogens is 1. The molecule has 0 heterocycles. The van der Waals surface area contributed by atoms with Gasteiger partial charge in [0.1, 0.15) is 0 Å². The van der Waals surface area contributed by atoms with Gasteiger partial charge in [-0.25, -0.2) is 4.39 Å². The average molecular weight is 174 g/mol. The van der Waals surface area contributed by atoms with Crippen LogP contribution in [0.15, 0.2) is 0 Å². The molecule has 0 saturated heterocycles. The fourth-order valence-electron chi connectivity index (χ4n) is 2.08. The van der Waals surface area contributed by atoms with E-state index in [2.05, 4.69) is 6.92 Å². The Morgan fingerprint density at radius 2 is 1.92 bits per heavy atom. The molecule has 0 radical (unpaired) electrons. The molecule has 1 fully saturated rings. The van der Waals surface area contributed by atoms with Crippen LogP contribution in [0.3, 0.4) is 0 Å². The lowest BCUT2D eigenvalue weighted by Crippen LogP contribution is -2.21. The van der Waals surface area contributed by atoms with Crippen LogP contribution in [0.2, 0.25) is 0 Å². The van der Waals surface area contributed by atoms with E-state index in [1.165, 1.54) is 25.7 Å². The molecule has 0 N–H and O–H groups in total. The molecule has 0 spiro atoms. The maximum atomic E-state index is 11.8. The SMILES string of the molecule is CCCC1CCC(OCF)CC1. The Labute approximate surface area is 74.3 Å². The summed E-state index contributed by atoms with van der Waals surface area (Å²) in [5.74, 6) is 0.884. The summed E-state index contributed by atoms with van der Waals surface area (Å²) in [5, 5.41) is 0. The first-order chi connectivity index (χ1) is 5.86. The van der Waals surface area contributed by atoms with Crippen LogP contribution in [0.25, 0.3) is 0 Å². The maximum Gasteiger partial charge on any atom is 0.188 e. The maximum absolute atomic E-state index is 11.8. The first-order valence-corrected chi connectivity index (χ1v) is 5.04. The van der Waals surface area contributed by atoms with E-state index >= 15 is 0 Å². The van der Waals surface area contributed by atoms with E-state index in [-0.39, 0.29) is 6.10 Å². The van der Waals surface area contributed by atoms with Crippen LogP contribution in [0, 0.1) is 5.92 Å². The topological polar surface area (TPSA) is 9.23 Å². The van der Waals surface area contributed by atoms with E-state index < -0.39 is 6.86 Å². The fourth-order valence-corrected chi connectivity index (χ4v) is 2.08. The summed E-state index contributed by atoms with van der Waals surface area (Å²) in [6.07, 6.45) is 7.42. The molecule has 0 aromatic rings. The van der Waals surface area contributed by atoms with E-state index in [4.69, 9.17) is 4.74 Å². The Balaban J connectivity index is 2.11. The van der Waals surface area contributed by atoms with Crippen LogP contribution in [0.5, 0.6) is 0 Å². The van der Waals surface area contributed by atoms with Crippen molar-refractivity contribution in [1.82, 2.24) is 0 Å². The average Bonchev–Trinajstić information content (AvgIpc) is 2.09. The number of alkyl halides is 1. The van der Waals surface area contributed by atoms with Crippen LogP contribution in [0.4, 0.5) is 4.39 Å². The molecule has 12 heavy (non-hydrogen) atoms. The van der Waals surface area contributed by atoms with Gasteiger partial charge in [-0.1, -0.05) is 19.8 Å². The predicted molar refractivity (Wildman–Crippen MR) is 47.7 cm³/mol. The van der Waals surface area contributed by atoms with Gasteiger partial charge >= 0.3 is 0 Å². The highest BCUT2D eigenvalue weighted by atomic mass is 19.1. The Morgan fingerprint density at radius 3 is 2.42 bits per heavy atom. The number of rotatable bonds is 4. The second kappa shape index (κ2) is 5.52. The molecule has 0 aliphatic heterocycles. The minimum absolute atomic E-state index is 0.211. The number of hydrogen-bond acceptors (Lipinski definition) is 1. The highest BCUT2D eigenvalue weighted by Gasteiger charge is 2.20. The van der Waals surface area contributed by atoms with Gasteiger partial charge in [0.2, 0.25) is 0 Å². The molecule has 0 aromatic carbocycles. The van der Waals surface area contributed by atoms with Crippen LogP contribution in [0.1, 0.15) is 45.4 Å². The fraction of sp³-hybridized carbons (Fsp3) is 1.00. The van der Waals surface area contributed by atoms with Crippen molar-refractivity contribution in [3.05, 3.63) is 0 Å². The van der Waals surface area contributed by atoms with Crippen LogP contribution in [-0.2, 0) is 4.74 Å². The third-order valence-electron chi connectivity index (χ3n) is 2.79. The molecular formula is C10H19FO. The first-order valence-electron chi connectivity index (χ1n) is 5.04. The van der Waals surface area contributed by atoms with Gasteiger partial charge in [-0.3, -0.25) is 0 Å². The second-order valence-electron chi connectivity index (χ2n) is 3.71. The van der Waals surface area contributed by atoms with Gasteiger partial charge in [-0.05, 0) is 31.6 Å². The van der Waals surface area contributed by atoms with Gasteiger partial charge in [-0.2, -0.15) is 0 Å². The lowest BCUT2D eigenvalue weighted by Gasteiger charge is -2.27. The van der Waals surface area contributed by atoms with Gasteiger partial charge in [0.05, 0.1) is 6.10 Å². The van der Waals surface area contributed by atoms with Gasteiger partial charge in [-0.15, -0.1) is 0 Å². The van der Waals surface area contributed by atoms with Crippen LogP contribution >= 0.6 is 0 Å². The van der Waals surface area contributed by atoms with Crippen molar-refractivity contribution < 1.29 is 9.13 Å². The molecule has 72 valence electrons. The van der Waals surface area contributed by atoms with Crippen molar-refractivity contribution in [2.75, 3.05) is 6.86 Å². The minimum atomic E-state index is -0.608. The van der Waals surface area contributed by atoms with Crippen molar-refractivity contribution in [1.29, 1.82) is 0 Å². The lowest BCUT2D eigenvalue weighted by atomic mass is 9.85. The standard InChI is InChI=1S/C10H19FO/c1-2-3-9-4-6-10(7-5-9)12-8-11/h9-10H,2-8H2,1H3. The highest BCUT2D eigenvalue weighted by Crippen LogP contribution is 2.29. The molecule has 1 aliphatic carbocycles. The molecule has 1 saturated carbocycles. The van der Waals surface area contributed by atoms with Crippen molar-refractivity contribution in [2.45, 2.75) is 51.6 Å². The molecule has 2 heteroatoms. The smallest absolute Gasteiger partial charge is 0.188 e. The van der Waals surface area contributed by atoms with E-state index in [0.29, 0.717) is 0 Å². The molecule has 0 aromatic heterocycles. The second-order valence-corrected chi connectivity index (χ2v) is 3.71. The van der Waals surface area contributed by atoms with Gasteiger partial charge in [0, 0.05) is 0 Å². The van der Waals surface area contributed by atoms with E-state index in [9.17, 15) is 4.39 Å². The Kier molecular flexibility index (Phi) is 4.59. The molecule has 0 atom stereocenters. The van der Waals surface area contributed by atoms with Crippen molar-refractivity contribution in [3.8, 4) is 0 Å². The van der Waals surface area contributed by atoms with Crippen LogP contribution < -0.4 is 0 Å². The zero-order chi connectivity index (χ0) is 8.81. The zero-order valence-electron chi connectivity index (χ0n) is 7.89. The molecular weight excluding hydrogens is 155 g/mol. The lowest BCUT2D eigenvalue weighted by molar-refractivity contribution is -0.0290. The van der Waals surface area contributed by atoms with Gasteiger partial charge < -0.3 is 4.74 Å². The molecule has 0 bridgehead atoms. The summed E-state index contributed by atoms with van der Waals surface area (Å²) in [6, 6.07) is 0.